The smallest absolute Gasteiger partial charge is 0.322 e. The fourth-order valence-corrected chi connectivity index (χ4v) is 2.61. The predicted octanol–water partition coefficient (Wildman–Crippen LogP) is 1.33. The van der Waals surface area contributed by atoms with Crippen LogP contribution in [0.15, 0.2) is 0 Å². The van der Waals surface area contributed by atoms with E-state index >= 15 is 0 Å². The number of esters is 1. The lowest BCUT2D eigenvalue weighted by atomic mass is 9.71. The monoisotopic (exact) mass is 197 g/mol. The maximum absolute atomic E-state index is 11.4. The molecule has 0 radical (unpaired) electrons. The molecule has 0 aromatic heterocycles. The zero-order valence-electron chi connectivity index (χ0n) is 8.79. The van der Waals surface area contributed by atoms with Gasteiger partial charge in [0, 0.05) is 0 Å². The standard InChI is InChI=1S/C11H19NO2/c1-14-11(13)10-7-9(5-6-12-10)8-3-2-4-8/h8-10,12H,2-7H2,1H3. The third-order valence-corrected chi connectivity index (χ3v) is 3.75. The van der Waals surface area contributed by atoms with Gasteiger partial charge in [-0.15, -0.1) is 0 Å². The quantitative estimate of drug-likeness (QED) is 0.679. The zero-order valence-corrected chi connectivity index (χ0v) is 8.79. The molecular weight excluding hydrogens is 178 g/mol. The number of hydrogen-bond acceptors (Lipinski definition) is 3. The van der Waals surface area contributed by atoms with E-state index in [-0.39, 0.29) is 12.0 Å². The lowest BCUT2D eigenvalue weighted by Crippen LogP contribution is -2.46. The van der Waals surface area contributed by atoms with Crippen LogP contribution in [0.25, 0.3) is 0 Å². The Hall–Kier alpha value is -0.570. The molecule has 1 N–H and O–H groups in total. The zero-order chi connectivity index (χ0) is 9.97. The Labute approximate surface area is 85.2 Å². The van der Waals surface area contributed by atoms with Gasteiger partial charge in [-0.2, -0.15) is 0 Å². The summed E-state index contributed by atoms with van der Waals surface area (Å²) in [6.07, 6.45) is 6.35. The highest BCUT2D eigenvalue weighted by molar-refractivity contribution is 5.75. The molecule has 2 atom stereocenters. The molecule has 2 unspecified atom stereocenters. The molecule has 0 aromatic rings. The number of nitrogens with one attached hydrogen (secondary N) is 1. The van der Waals surface area contributed by atoms with E-state index < -0.39 is 0 Å². The first-order chi connectivity index (χ1) is 6.81. The molecule has 2 fully saturated rings. The second-order valence-corrected chi connectivity index (χ2v) is 4.51. The highest BCUT2D eigenvalue weighted by Crippen LogP contribution is 2.38. The van der Waals surface area contributed by atoms with Crippen LogP contribution >= 0.6 is 0 Å². The summed E-state index contributed by atoms with van der Waals surface area (Å²) in [6, 6.07) is -0.0423. The predicted molar refractivity (Wildman–Crippen MR) is 53.9 cm³/mol. The SMILES string of the molecule is COC(=O)C1CC(C2CCC2)CCN1. The number of carbonyl (C=O) groups excluding carboxylic acids is 1. The largest absolute Gasteiger partial charge is 0.468 e. The molecule has 14 heavy (non-hydrogen) atoms. The van der Waals surface area contributed by atoms with Gasteiger partial charge in [-0.1, -0.05) is 19.3 Å². The van der Waals surface area contributed by atoms with Crippen molar-refractivity contribution in [1.82, 2.24) is 5.32 Å². The summed E-state index contributed by atoms with van der Waals surface area (Å²) in [7, 11) is 1.47. The van der Waals surface area contributed by atoms with Gasteiger partial charge < -0.3 is 10.1 Å². The summed E-state index contributed by atoms with van der Waals surface area (Å²) in [5.74, 6) is 1.56. The maximum Gasteiger partial charge on any atom is 0.322 e. The van der Waals surface area contributed by atoms with Crippen molar-refractivity contribution in [2.75, 3.05) is 13.7 Å². The topological polar surface area (TPSA) is 38.3 Å². The van der Waals surface area contributed by atoms with Gasteiger partial charge in [-0.05, 0) is 31.2 Å². The summed E-state index contributed by atoms with van der Waals surface area (Å²) in [5, 5.41) is 3.23. The molecule has 0 bridgehead atoms. The average molecular weight is 197 g/mol. The third kappa shape index (κ3) is 1.92. The maximum atomic E-state index is 11.4. The Balaban J connectivity index is 1.86. The molecule has 80 valence electrons. The van der Waals surface area contributed by atoms with Crippen LogP contribution in [-0.4, -0.2) is 25.7 Å². The van der Waals surface area contributed by atoms with E-state index in [4.69, 9.17) is 4.74 Å². The molecule has 0 aromatic carbocycles. The lowest BCUT2D eigenvalue weighted by molar-refractivity contribution is -0.144. The second-order valence-electron chi connectivity index (χ2n) is 4.51. The first-order valence-corrected chi connectivity index (χ1v) is 5.62. The van der Waals surface area contributed by atoms with Crippen LogP contribution in [0.4, 0.5) is 0 Å². The molecular formula is C11H19NO2. The van der Waals surface area contributed by atoms with Gasteiger partial charge in [-0.3, -0.25) is 4.79 Å². The van der Waals surface area contributed by atoms with Crippen LogP contribution in [0, 0.1) is 11.8 Å². The van der Waals surface area contributed by atoms with Crippen molar-refractivity contribution in [2.24, 2.45) is 11.8 Å². The van der Waals surface area contributed by atoms with Crippen molar-refractivity contribution in [3.63, 3.8) is 0 Å². The van der Waals surface area contributed by atoms with Crippen molar-refractivity contribution in [3.8, 4) is 0 Å². The molecule has 3 heteroatoms. The molecule has 2 rings (SSSR count). The Bertz CT molecular complexity index is 213. The number of hydrogen-bond donors (Lipinski definition) is 1. The van der Waals surface area contributed by atoms with Crippen LogP contribution in [-0.2, 0) is 9.53 Å². The number of piperidine rings is 1. The Morgan fingerprint density at radius 2 is 2.07 bits per heavy atom. The minimum Gasteiger partial charge on any atom is -0.468 e. The van der Waals surface area contributed by atoms with Crippen molar-refractivity contribution in [3.05, 3.63) is 0 Å². The Morgan fingerprint density at radius 3 is 2.64 bits per heavy atom. The molecule has 1 aliphatic carbocycles. The molecule has 0 amide bonds. The van der Waals surface area contributed by atoms with E-state index in [0.29, 0.717) is 0 Å². The second kappa shape index (κ2) is 4.30. The molecule has 1 heterocycles. The minimum atomic E-state index is -0.0889. The summed E-state index contributed by atoms with van der Waals surface area (Å²) >= 11 is 0. The normalized spacial score (nSPS) is 33.5. The van der Waals surface area contributed by atoms with Crippen molar-refractivity contribution in [1.29, 1.82) is 0 Å². The van der Waals surface area contributed by atoms with Crippen LogP contribution in [0.3, 0.4) is 0 Å². The van der Waals surface area contributed by atoms with E-state index in [0.717, 1.165) is 24.8 Å². The summed E-state index contributed by atoms with van der Waals surface area (Å²) in [4.78, 5) is 11.4. The van der Waals surface area contributed by atoms with E-state index in [2.05, 4.69) is 5.32 Å². The number of carbonyl (C=O) groups is 1. The molecule has 3 nitrogen and oxygen atoms in total. The van der Waals surface area contributed by atoms with Crippen molar-refractivity contribution < 1.29 is 9.53 Å². The summed E-state index contributed by atoms with van der Waals surface area (Å²) in [5.41, 5.74) is 0. The van der Waals surface area contributed by atoms with E-state index in [9.17, 15) is 4.79 Å². The van der Waals surface area contributed by atoms with Crippen molar-refractivity contribution in [2.45, 2.75) is 38.1 Å². The van der Waals surface area contributed by atoms with Gasteiger partial charge in [0.15, 0.2) is 0 Å². The molecule has 0 spiro atoms. The summed E-state index contributed by atoms with van der Waals surface area (Å²) in [6.45, 7) is 0.973. The number of ether oxygens (including phenoxy) is 1. The van der Waals surface area contributed by atoms with Gasteiger partial charge in [0.2, 0.25) is 0 Å². The third-order valence-electron chi connectivity index (χ3n) is 3.75. The number of methoxy groups -OCH3 is 1. The highest BCUT2D eigenvalue weighted by Gasteiger charge is 2.34. The van der Waals surface area contributed by atoms with Crippen LogP contribution < -0.4 is 5.32 Å². The molecule has 1 saturated carbocycles. The Kier molecular flexibility index (Phi) is 3.06. The van der Waals surface area contributed by atoms with Crippen LogP contribution in [0.1, 0.15) is 32.1 Å². The van der Waals surface area contributed by atoms with Gasteiger partial charge in [0.05, 0.1) is 7.11 Å². The van der Waals surface area contributed by atoms with E-state index in [1.54, 1.807) is 0 Å². The van der Waals surface area contributed by atoms with Gasteiger partial charge in [0.25, 0.3) is 0 Å². The first kappa shape index (κ1) is 9.97. The highest BCUT2D eigenvalue weighted by atomic mass is 16.5. The van der Waals surface area contributed by atoms with Crippen LogP contribution in [0.2, 0.25) is 0 Å². The molecule has 1 aliphatic heterocycles. The summed E-state index contributed by atoms with van der Waals surface area (Å²) < 4.78 is 4.77. The molecule has 2 aliphatic rings. The Morgan fingerprint density at radius 1 is 1.29 bits per heavy atom. The fourth-order valence-electron chi connectivity index (χ4n) is 2.61. The van der Waals surface area contributed by atoms with Gasteiger partial charge in [0.1, 0.15) is 6.04 Å². The molecule has 1 saturated heterocycles. The van der Waals surface area contributed by atoms with Gasteiger partial charge >= 0.3 is 5.97 Å². The van der Waals surface area contributed by atoms with Crippen LogP contribution in [0.5, 0.6) is 0 Å². The van der Waals surface area contributed by atoms with E-state index in [1.165, 1.54) is 32.8 Å². The first-order valence-electron chi connectivity index (χ1n) is 5.62. The van der Waals surface area contributed by atoms with Crippen molar-refractivity contribution >= 4 is 5.97 Å². The number of rotatable bonds is 2. The average Bonchev–Trinajstić information content (AvgIpc) is 2.14. The minimum absolute atomic E-state index is 0.0423. The lowest BCUT2D eigenvalue weighted by Gasteiger charge is -2.38. The van der Waals surface area contributed by atoms with E-state index in [1.807, 2.05) is 0 Å². The fraction of sp³-hybridized carbons (Fsp3) is 0.909. The van der Waals surface area contributed by atoms with Gasteiger partial charge in [-0.25, -0.2) is 0 Å².